The molecular weight excluding hydrogens is 246 g/mol. The van der Waals surface area contributed by atoms with Gasteiger partial charge in [-0.1, -0.05) is 11.3 Å². The van der Waals surface area contributed by atoms with E-state index in [9.17, 15) is 9.59 Å². The summed E-state index contributed by atoms with van der Waals surface area (Å²) in [6, 6.07) is 0. The largest absolute Gasteiger partial charge is 0.326 e. The summed E-state index contributed by atoms with van der Waals surface area (Å²) in [6.07, 6.45) is 0. The average Bonchev–Trinajstić information content (AvgIpc) is 2.29. The normalized spacial score (nSPS) is 10.8. The molecule has 0 aliphatic carbocycles. The highest BCUT2D eigenvalue weighted by Crippen LogP contribution is 2.20. The topological polar surface area (TPSA) is 78.6 Å². The molecule has 0 bridgehead atoms. The van der Waals surface area contributed by atoms with E-state index in [1.54, 1.807) is 0 Å². The summed E-state index contributed by atoms with van der Waals surface area (Å²) in [5.74, 6) is 0. The van der Waals surface area contributed by atoms with Crippen LogP contribution in [0.2, 0.25) is 0 Å². The minimum absolute atomic E-state index is 0.256. The van der Waals surface area contributed by atoms with Crippen LogP contribution in [0.1, 0.15) is 0 Å². The third-order valence-corrected chi connectivity index (χ3v) is 2.69. The molecule has 0 amide bonds. The van der Waals surface area contributed by atoms with Crippen molar-refractivity contribution in [2.45, 2.75) is 0 Å². The number of fused-ring (bicyclic) bond motifs is 1. The highest BCUT2D eigenvalue weighted by atomic mass is 79.9. The van der Waals surface area contributed by atoms with E-state index in [4.69, 9.17) is 0 Å². The van der Waals surface area contributed by atoms with Crippen LogP contribution in [0.4, 0.5) is 0 Å². The monoisotopic (exact) mass is 247 g/mol. The molecule has 62 valence electrons. The van der Waals surface area contributed by atoms with Gasteiger partial charge in [0.2, 0.25) is 0 Å². The second-order valence-electron chi connectivity index (χ2n) is 2.05. The molecule has 7 heteroatoms. The highest BCUT2D eigenvalue weighted by molar-refractivity contribution is 9.11. The number of aromatic nitrogens is 3. The van der Waals surface area contributed by atoms with Crippen LogP contribution in [-0.4, -0.2) is 15.0 Å². The maximum atomic E-state index is 11.1. The molecule has 0 aliphatic rings. The summed E-state index contributed by atoms with van der Waals surface area (Å²) in [4.78, 5) is 30.7. The minimum Gasteiger partial charge on any atom is -0.297 e. The third-order valence-electron chi connectivity index (χ3n) is 1.27. The molecule has 2 N–H and O–H groups in total. The van der Waals surface area contributed by atoms with Crippen LogP contribution >= 0.6 is 27.3 Å². The quantitative estimate of drug-likeness (QED) is 0.709. The first-order valence-corrected chi connectivity index (χ1v) is 4.56. The van der Waals surface area contributed by atoms with Crippen molar-refractivity contribution in [2.75, 3.05) is 0 Å². The maximum absolute atomic E-state index is 11.1. The Bertz CT molecular complexity index is 539. The van der Waals surface area contributed by atoms with Crippen LogP contribution in [0.15, 0.2) is 13.5 Å². The lowest BCUT2D eigenvalue weighted by Crippen LogP contribution is -2.21. The molecular formula is C5H2BrN3O2S. The van der Waals surface area contributed by atoms with Crippen LogP contribution in [0.25, 0.3) is 10.3 Å². The smallest absolute Gasteiger partial charge is 0.297 e. The SMILES string of the molecule is O=c1[nH]c(=O)c2nc(Br)sc2[nH]1. The summed E-state index contributed by atoms with van der Waals surface area (Å²) in [5.41, 5.74) is -0.717. The van der Waals surface area contributed by atoms with Gasteiger partial charge >= 0.3 is 5.69 Å². The Morgan fingerprint density at radius 1 is 1.33 bits per heavy atom. The fourth-order valence-corrected chi connectivity index (χ4v) is 2.18. The molecule has 0 atom stereocenters. The fraction of sp³-hybridized carbons (Fsp3) is 0. The number of nitrogens with zero attached hydrogens (tertiary/aromatic N) is 1. The molecule has 0 unspecified atom stereocenters. The second-order valence-corrected chi connectivity index (χ2v) is 4.33. The number of hydrogen-bond acceptors (Lipinski definition) is 4. The number of rotatable bonds is 0. The predicted octanol–water partition coefficient (Wildman–Crippen LogP) is 0.435. The molecule has 12 heavy (non-hydrogen) atoms. The van der Waals surface area contributed by atoms with Gasteiger partial charge in [0.05, 0.1) is 0 Å². The molecule has 2 heterocycles. The lowest BCUT2D eigenvalue weighted by Gasteiger charge is -1.82. The highest BCUT2D eigenvalue weighted by Gasteiger charge is 2.05. The molecule has 2 rings (SSSR count). The first-order valence-electron chi connectivity index (χ1n) is 2.95. The van der Waals surface area contributed by atoms with Crippen molar-refractivity contribution >= 4 is 37.6 Å². The molecule has 0 aromatic carbocycles. The van der Waals surface area contributed by atoms with Gasteiger partial charge in [-0.05, 0) is 15.9 Å². The van der Waals surface area contributed by atoms with E-state index in [2.05, 4.69) is 30.9 Å². The first kappa shape index (κ1) is 7.69. The lowest BCUT2D eigenvalue weighted by atomic mass is 10.6. The van der Waals surface area contributed by atoms with Crippen LogP contribution in [-0.2, 0) is 0 Å². The van der Waals surface area contributed by atoms with Gasteiger partial charge in [-0.2, -0.15) is 0 Å². The number of nitrogens with one attached hydrogen (secondary N) is 2. The summed E-state index contributed by atoms with van der Waals surface area (Å²) in [7, 11) is 0. The maximum Gasteiger partial charge on any atom is 0.326 e. The van der Waals surface area contributed by atoms with Crippen LogP contribution in [0.5, 0.6) is 0 Å². The fourth-order valence-electron chi connectivity index (χ4n) is 0.829. The average molecular weight is 248 g/mol. The Morgan fingerprint density at radius 3 is 2.83 bits per heavy atom. The van der Waals surface area contributed by atoms with E-state index in [0.717, 1.165) is 0 Å². The minimum atomic E-state index is -0.511. The van der Waals surface area contributed by atoms with E-state index < -0.39 is 11.2 Å². The van der Waals surface area contributed by atoms with Gasteiger partial charge in [-0.25, -0.2) is 9.78 Å². The van der Waals surface area contributed by atoms with E-state index in [-0.39, 0.29) is 5.52 Å². The van der Waals surface area contributed by atoms with Gasteiger partial charge in [0.1, 0.15) is 4.83 Å². The van der Waals surface area contributed by atoms with Gasteiger partial charge < -0.3 is 0 Å². The Hall–Kier alpha value is -0.950. The summed E-state index contributed by atoms with van der Waals surface area (Å²) in [6.45, 7) is 0. The molecule has 0 aliphatic heterocycles. The summed E-state index contributed by atoms with van der Waals surface area (Å²) < 4.78 is 0.574. The second kappa shape index (κ2) is 2.53. The van der Waals surface area contributed by atoms with E-state index in [0.29, 0.717) is 8.75 Å². The molecule has 2 aromatic rings. The lowest BCUT2D eigenvalue weighted by molar-refractivity contribution is 1.08. The van der Waals surface area contributed by atoms with Crippen molar-refractivity contribution in [3.8, 4) is 0 Å². The van der Waals surface area contributed by atoms with Gasteiger partial charge in [-0.3, -0.25) is 14.8 Å². The number of thiazole rings is 1. The number of aromatic amines is 2. The number of hydrogen-bond donors (Lipinski definition) is 2. The van der Waals surface area contributed by atoms with E-state index in [1.807, 2.05) is 0 Å². The Labute approximate surface area is 77.6 Å². The molecule has 0 saturated heterocycles. The summed E-state index contributed by atoms with van der Waals surface area (Å²) >= 11 is 4.33. The Kier molecular flexibility index (Phi) is 1.62. The number of H-pyrrole nitrogens is 2. The molecule has 0 fully saturated rings. The molecule has 0 spiro atoms. The van der Waals surface area contributed by atoms with Crippen LogP contribution < -0.4 is 11.2 Å². The zero-order chi connectivity index (χ0) is 8.72. The van der Waals surface area contributed by atoms with Crippen molar-refractivity contribution < 1.29 is 0 Å². The zero-order valence-electron chi connectivity index (χ0n) is 5.55. The van der Waals surface area contributed by atoms with Crippen molar-refractivity contribution in [1.29, 1.82) is 0 Å². The molecule has 0 radical (unpaired) electrons. The number of halogens is 1. The standard InChI is InChI=1S/C5H2BrN3O2S/c6-4-7-1-2(10)8-5(11)9-3(1)12-4/h(H2,8,9,10,11). The molecule has 5 nitrogen and oxygen atoms in total. The van der Waals surface area contributed by atoms with Gasteiger partial charge in [-0.15, -0.1) is 0 Å². The van der Waals surface area contributed by atoms with Gasteiger partial charge in [0, 0.05) is 0 Å². The predicted molar refractivity (Wildman–Crippen MR) is 48.6 cm³/mol. The van der Waals surface area contributed by atoms with Crippen molar-refractivity contribution in [3.05, 3.63) is 24.8 Å². The molecule has 2 aromatic heterocycles. The third kappa shape index (κ3) is 1.10. The zero-order valence-corrected chi connectivity index (χ0v) is 7.95. The summed E-state index contributed by atoms with van der Waals surface area (Å²) in [5, 5.41) is 0. The van der Waals surface area contributed by atoms with Crippen molar-refractivity contribution in [2.24, 2.45) is 0 Å². The first-order chi connectivity index (χ1) is 5.66. The van der Waals surface area contributed by atoms with E-state index in [1.165, 1.54) is 11.3 Å². The Morgan fingerprint density at radius 2 is 2.08 bits per heavy atom. The van der Waals surface area contributed by atoms with Crippen LogP contribution in [0.3, 0.4) is 0 Å². The Balaban J connectivity index is 3.08. The van der Waals surface area contributed by atoms with E-state index >= 15 is 0 Å². The van der Waals surface area contributed by atoms with Gasteiger partial charge in [0.15, 0.2) is 9.43 Å². The van der Waals surface area contributed by atoms with Gasteiger partial charge in [0.25, 0.3) is 5.56 Å². The van der Waals surface area contributed by atoms with Crippen molar-refractivity contribution in [1.82, 2.24) is 15.0 Å². The van der Waals surface area contributed by atoms with Crippen LogP contribution in [0, 0.1) is 0 Å². The molecule has 0 saturated carbocycles. The van der Waals surface area contributed by atoms with Crippen molar-refractivity contribution in [3.63, 3.8) is 0 Å².